The van der Waals surface area contributed by atoms with E-state index in [1.807, 2.05) is 0 Å². The normalized spacial score (nSPS) is 11.5. The fraction of sp³-hybridized carbons (Fsp3) is 1.00. The molecule has 212 valence electrons. The number of rotatable bonds is 32. The van der Waals surface area contributed by atoms with Gasteiger partial charge in [0.05, 0.1) is 13.2 Å². The van der Waals surface area contributed by atoms with E-state index in [4.69, 9.17) is 9.78 Å². The van der Waals surface area contributed by atoms with Gasteiger partial charge in [0.1, 0.15) is 0 Å². The lowest BCUT2D eigenvalue weighted by Gasteiger charge is -2.05. The molecule has 0 aromatic rings. The van der Waals surface area contributed by atoms with Crippen LogP contribution in [0.4, 0.5) is 0 Å². The van der Waals surface area contributed by atoms with Crippen molar-refractivity contribution in [2.45, 2.75) is 200 Å². The molecule has 0 amide bonds. The Morgan fingerprint density at radius 1 is 0.229 bits per heavy atom. The Labute approximate surface area is 223 Å². The SMILES string of the molecule is CCCCCCCCCCCCCCCCCOOCCCCCCCCCCCCCCCC. The van der Waals surface area contributed by atoms with Crippen molar-refractivity contribution in [1.29, 1.82) is 0 Å². The topological polar surface area (TPSA) is 18.5 Å². The first-order valence-corrected chi connectivity index (χ1v) is 16.7. The second kappa shape index (κ2) is 33.9. The van der Waals surface area contributed by atoms with Gasteiger partial charge in [-0.2, -0.15) is 0 Å². The highest BCUT2D eigenvalue weighted by molar-refractivity contribution is 4.50. The van der Waals surface area contributed by atoms with Crippen molar-refractivity contribution >= 4 is 0 Å². The Balaban J connectivity index is 3.00. The monoisotopic (exact) mass is 497 g/mol. The van der Waals surface area contributed by atoms with Crippen LogP contribution in [0, 0.1) is 0 Å². The molecule has 0 aliphatic rings. The van der Waals surface area contributed by atoms with Gasteiger partial charge >= 0.3 is 0 Å². The predicted octanol–water partition coefficient (Wildman–Crippen LogP) is 12.3. The molecule has 0 fully saturated rings. The molecule has 0 bridgehead atoms. The van der Waals surface area contributed by atoms with Crippen molar-refractivity contribution in [3.05, 3.63) is 0 Å². The fourth-order valence-electron chi connectivity index (χ4n) is 5.01. The summed E-state index contributed by atoms with van der Waals surface area (Å²) in [6.45, 7) is 6.14. The molecule has 0 unspecified atom stereocenters. The second-order valence-electron chi connectivity index (χ2n) is 11.2. The maximum Gasteiger partial charge on any atom is 0.0822 e. The van der Waals surface area contributed by atoms with E-state index in [1.165, 1.54) is 173 Å². The van der Waals surface area contributed by atoms with E-state index in [-0.39, 0.29) is 0 Å². The second-order valence-corrected chi connectivity index (χ2v) is 11.2. The lowest BCUT2D eigenvalue weighted by Crippen LogP contribution is -1.99. The maximum absolute atomic E-state index is 5.36. The molecular formula is C33H68O2. The maximum atomic E-state index is 5.36. The molecule has 0 aliphatic carbocycles. The van der Waals surface area contributed by atoms with Gasteiger partial charge in [-0.3, -0.25) is 0 Å². The first-order chi connectivity index (χ1) is 17.4. The third-order valence-electron chi connectivity index (χ3n) is 7.50. The van der Waals surface area contributed by atoms with E-state index in [1.54, 1.807) is 0 Å². The fourth-order valence-corrected chi connectivity index (χ4v) is 5.01. The van der Waals surface area contributed by atoms with Gasteiger partial charge in [0.25, 0.3) is 0 Å². The number of hydrogen-bond acceptors (Lipinski definition) is 2. The average Bonchev–Trinajstić information content (AvgIpc) is 2.87. The van der Waals surface area contributed by atoms with Gasteiger partial charge in [-0.25, -0.2) is 9.78 Å². The van der Waals surface area contributed by atoms with Gasteiger partial charge in [0, 0.05) is 0 Å². The van der Waals surface area contributed by atoms with Crippen molar-refractivity contribution in [1.82, 2.24) is 0 Å². The van der Waals surface area contributed by atoms with Crippen LogP contribution in [-0.4, -0.2) is 13.2 Å². The Bertz CT molecular complexity index is 312. The van der Waals surface area contributed by atoms with Crippen molar-refractivity contribution in [3.63, 3.8) is 0 Å². The summed E-state index contributed by atoms with van der Waals surface area (Å²) >= 11 is 0. The molecule has 0 spiro atoms. The van der Waals surface area contributed by atoms with Crippen LogP contribution in [0.3, 0.4) is 0 Å². The zero-order chi connectivity index (χ0) is 25.3. The smallest absolute Gasteiger partial charge is 0.0822 e. The van der Waals surface area contributed by atoms with Gasteiger partial charge in [0.15, 0.2) is 0 Å². The molecule has 0 N–H and O–H groups in total. The largest absolute Gasteiger partial charge is 0.237 e. The Kier molecular flexibility index (Phi) is 33.8. The molecule has 0 aromatic heterocycles. The highest BCUT2D eigenvalue weighted by Crippen LogP contribution is 2.14. The summed E-state index contributed by atoms with van der Waals surface area (Å²) in [6.07, 6.45) is 40.6. The molecule has 0 heterocycles. The summed E-state index contributed by atoms with van der Waals surface area (Å²) in [7, 11) is 0. The van der Waals surface area contributed by atoms with Crippen LogP contribution >= 0.6 is 0 Å². The molecule has 2 nitrogen and oxygen atoms in total. The molecule has 0 saturated carbocycles. The van der Waals surface area contributed by atoms with Crippen LogP contribution in [0.25, 0.3) is 0 Å². The van der Waals surface area contributed by atoms with E-state index in [2.05, 4.69) is 13.8 Å². The number of hydrogen-bond donors (Lipinski definition) is 0. The quantitative estimate of drug-likeness (QED) is 0.0523. The van der Waals surface area contributed by atoms with Gasteiger partial charge in [-0.05, 0) is 12.8 Å². The van der Waals surface area contributed by atoms with E-state index >= 15 is 0 Å². The van der Waals surface area contributed by atoms with Gasteiger partial charge < -0.3 is 0 Å². The van der Waals surface area contributed by atoms with Crippen LogP contribution in [-0.2, 0) is 9.78 Å². The minimum Gasteiger partial charge on any atom is -0.237 e. The summed E-state index contributed by atoms with van der Waals surface area (Å²) in [5.41, 5.74) is 0. The molecule has 0 radical (unpaired) electrons. The summed E-state index contributed by atoms with van der Waals surface area (Å²) in [6, 6.07) is 0. The van der Waals surface area contributed by atoms with Crippen LogP contribution in [0.2, 0.25) is 0 Å². The molecule has 0 atom stereocenters. The summed E-state index contributed by atoms with van der Waals surface area (Å²) < 4.78 is 0. The zero-order valence-corrected chi connectivity index (χ0v) is 24.7. The lowest BCUT2D eigenvalue weighted by molar-refractivity contribution is -0.295. The van der Waals surface area contributed by atoms with Gasteiger partial charge in [0.2, 0.25) is 0 Å². The van der Waals surface area contributed by atoms with Crippen LogP contribution in [0.5, 0.6) is 0 Å². The molecule has 0 rings (SSSR count). The molecule has 35 heavy (non-hydrogen) atoms. The molecular weight excluding hydrogens is 428 g/mol. The Hall–Kier alpha value is -0.0800. The van der Waals surface area contributed by atoms with Gasteiger partial charge in [-0.1, -0.05) is 187 Å². The summed E-state index contributed by atoms with van der Waals surface area (Å²) in [5.74, 6) is 0. The summed E-state index contributed by atoms with van der Waals surface area (Å²) in [4.78, 5) is 10.7. The number of unbranched alkanes of at least 4 members (excludes halogenated alkanes) is 27. The lowest BCUT2D eigenvalue weighted by atomic mass is 10.0. The minimum absolute atomic E-state index is 0.775. The Morgan fingerprint density at radius 2 is 0.400 bits per heavy atom. The van der Waals surface area contributed by atoms with E-state index < -0.39 is 0 Å². The van der Waals surface area contributed by atoms with E-state index in [9.17, 15) is 0 Å². The van der Waals surface area contributed by atoms with E-state index in [0.717, 1.165) is 26.1 Å². The third kappa shape index (κ3) is 33.9. The predicted molar refractivity (Wildman–Crippen MR) is 157 cm³/mol. The standard InChI is InChI=1S/C33H68O2/c1-3-5-7-9-11-13-15-17-19-21-23-25-27-29-31-33-35-34-32-30-28-26-24-22-20-18-16-14-12-10-8-6-4-2/h3-33H2,1-2H3. The molecule has 2 heteroatoms. The highest BCUT2D eigenvalue weighted by Gasteiger charge is 1.97. The van der Waals surface area contributed by atoms with Crippen molar-refractivity contribution in [2.24, 2.45) is 0 Å². The van der Waals surface area contributed by atoms with Crippen LogP contribution in [0.1, 0.15) is 200 Å². The highest BCUT2D eigenvalue weighted by atomic mass is 17.2. The minimum atomic E-state index is 0.775. The molecule has 0 saturated heterocycles. The summed E-state index contributed by atoms with van der Waals surface area (Å²) in [5, 5.41) is 0. The Morgan fingerprint density at radius 3 is 0.600 bits per heavy atom. The van der Waals surface area contributed by atoms with Crippen molar-refractivity contribution in [2.75, 3.05) is 13.2 Å². The average molecular weight is 497 g/mol. The zero-order valence-electron chi connectivity index (χ0n) is 24.7. The first-order valence-electron chi connectivity index (χ1n) is 16.7. The molecule has 0 aliphatic heterocycles. The van der Waals surface area contributed by atoms with Crippen molar-refractivity contribution < 1.29 is 9.78 Å². The van der Waals surface area contributed by atoms with E-state index in [0.29, 0.717) is 0 Å². The van der Waals surface area contributed by atoms with Crippen LogP contribution in [0.15, 0.2) is 0 Å². The molecule has 0 aromatic carbocycles. The van der Waals surface area contributed by atoms with Crippen molar-refractivity contribution in [3.8, 4) is 0 Å². The third-order valence-corrected chi connectivity index (χ3v) is 7.50. The van der Waals surface area contributed by atoms with Gasteiger partial charge in [-0.15, -0.1) is 0 Å². The first kappa shape index (κ1) is 34.9. The van der Waals surface area contributed by atoms with Crippen LogP contribution < -0.4 is 0 Å².